The van der Waals surface area contributed by atoms with Crippen molar-refractivity contribution in [1.29, 1.82) is 0 Å². The normalized spacial score (nSPS) is 10.9. The summed E-state index contributed by atoms with van der Waals surface area (Å²) < 4.78 is 0. The second-order valence-electron chi connectivity index (χ2n) is 13.8. The Morgan fingerprint density at radius 1 is 0.475 bits per heavy atom. The van der Waals surface area contributed by atoms with Crippen LogP contribution in [0.5, 0.6) is 0 Å². The molecule has 0 fully saturated rings. The van der Waals surface area contributed by atoms with Crippen molar-refractivity contribution in [1.82, 2.24) is 0 Å². The maximum absolute atomic E-state index is 10.0. The van der Waals surface area contributed by atoms with Crippen LogP contribution >= 0.6 is 0 Å². The number of aliphatic carboxylic acids is 3. The van der Waals surface area contributed by atoms with Crippen LogP contribution in [0.3, 0.4) is 0 Å². The largest absolute Gasteiger partial charge is 3.00 e. The van der Waals surface area contributed by atoms with Crippen molar-refractivity contribution in [2.75, 3.05) is 6.61 Å². The fraction of sp³-hybridized carbons (Fsp3) is 0.906. The topological polar surface area (TPSA) is 141 Å². The summed E-state index contributed by atoms with van der Waals surface area (Å²) in [4.78, 5) is 30.1. The Balaban J connectivity index is -0.000000144. The number of carbonyl (C=O) groups is 3. The molecule has 0 aromatic rings. The first-order valence-corrected chi connectivity index (χ1v) is 14.9. The van der Waals surface area contributed by atoms with Gasteiger partial charge in [-0.25, -0.2) is 0 Å². The third kappa shape index (κ3) is 71.0. The number of aliphatic hydroxyl groups is 1. The maximum atomic E-state index is 10.0. The van der Waals surface area contributed by atoms with Crippen molar-refractivity contribution in [3.8, 4) is 0 Å². The van der Waals surface area contributed by atoms with E-state index in [0.29, 0.717) is 16.2 Å². The first-order valence-electron chi connectivity index (χ1n) is 14.9. The summed E-state index contributed by atoms with van der Waals surface area (Å²) in [5, 5.41) is 37.7. The average molecular weight is 769 g/mol. The van der Waals surface area contributed by atoms with Gasteiger partial charge in [-0.2, -0.15) is 0 Å². The van der Waals surface area contributed by atoms with E-state index in [2.05, 4.69) is 62.3 Å². The minimum atomic E-state index is -0.925. The molecule has 0 amide bonds. The van der Waals surface area contributed by atoms with Crippen LogP contribution in [-0.4, -0.2) is 55.8 Å². The van der Waals surface area contributed by atoms with Gasteiger partial charge in [0.2, 0.25) is 0 Å². The number of hydrogen-bond donors (Lipinski definition) is 1. The third-order valence-electron chi connectivity index (χ3n) is 5.42. The molecule has 0 aromatic heterocycles. The van der Waals surface area contributed by atoms with Gasteiger partial charge >= 0.3 is 26.2 Å². The van der Waals surface area contributed by atoms with Crippen molar-refractivity contribution in [3.05, 3.63) is 0 Å². The molecule has 0 saturated heterocycles. The Labute approximate surface area is 266 Å². The van der Waals surface area contributed by atoms with E-state index < -0.39 is 17.9 Å². The molecule has 0 spiro atoms. The molecule has 40 heavy (non-hydrogen) atoms. The smallest absolute Gasteiger partial charge is 0.550 e. The van der Waals surface area contributed by atoms with Crippen LogP contribution in [0.2, 0.25) is 0 Å². The van der Waals surface area contributed by atoms with Gasteiger partial charge in [-0.05, 0) is 81.0 Å². The molecule has 0 unspecified atom stereocenters. The second-order valence-corrected chi connectivity index (χ2v) is 13.8. The Bertz CT molecular complexity index is 505. The van der Waals surface area contributed by atoms with Crippen molar-refractivity contribution < 1.29 is 34.8 Å². The van der Waals surface area contributed by atoms with Crippen LogP contribution in [0.4, 0.5) is 0 Å². The number of carbonyl (C=O) groups excluding carboxylic acids is 3. The van der Waals surface area contributed by atoms with Crippen LogP contribution in [0.15, 0.2) is 0 Å². The molecule has 0 bridgehead atoms. The summed E-state index contributed by atoms with van der Waals surface area (Å²) in [5.41, 5.74) is 1.13. The zero-order valence-corrected chi connectivity index (χ0v) is 31.1. The van der Waals surface area contributed by atoms with Crippen molar-refractivity contribution in [2.24, 2.45) is 16.2 Å². The van der Waals surface area contributed by atoms with E-state index in [1.807, 2.05) is 0 Å². The summed E-state index contributed by atoms with van der Waals surface area (Å²) in [6.07, 6.45) is 12.8. The molecule has 0 saturated carbocycles. The summed E-state index contributed by atoms with van der Waals surface area (Å²) >= 11 is 0. The van der Waals surface area contributed by atoms with Crippen molar-refractivity contribution in [2.45, 2.75) is 166 Å². The first-order chi connectivity index (χ1) is 17.7. The maximum Gasteiger partial charge on any atom is 3.00 e. The third-order valence-corrected chi connectivity index (χ3v) is 5.42. The molecular weight excluding hydrogens is 705 g/mol. The van der Waals surface area contributed by atoms with Crippen LogP contribution in [0, 0.1) is 16.2 Å². The van der Waals surface area contributed by atoms with Gasteiger partial charge in [0.25, 0.3) is 0 Å². The Kier molecular flexibility index (Phi) is 36.4. The van der Waals surface area contributed by atoms with Crippen LogP contribution in [0.25, 0.3) is 0 Å². The predicted molar refractivity (Wildman–Crippen MR) is 161 cm³/mol. The number of aliphatic hydroxyl groups excluding tert-OH is 1. The standard InChI is InChI=1S/3C10H20O2.C2H6O.Bi/c3*1-10(2,3)8-6-4-5-7-9(11)12;1-2-3;/h3*4-8H2,1-3H3,(H,11,12);3H,2H2,1H3;/q;;;;+3/p-3. The van der Waals surface area contributed by atoms with Gasteiger partial charge in [0.1, 0.15) is 0 Å². The zero-order valence-electron chi connectivity index (χ0n) is 27.7. The Hall–Kier alpha value is -0.747. The molecule has 0 heterocycles. The van der Waals surface area contributed by atoms with E-state index in [1.54, 1.807) is 6.92 Å². The minimum absolute atomic E-state index is 0. The molecule has 1 N–H and O–H groups in total. The number of unbranched alkanes of at least 4 members (excludes halogenated alkanes) is 6. The van der Waals surface area contributed by atoms with Gasteiger partial charge in [-0.1, -0.05) is 101 Å². The zero-order chi connectivity index (χ0) is 31.5. The van der Waals surface area contributed by atoms with Crippen LogP contribution in [-0.2, 0) is 14.4 Å². The fourth-order valence-electron chi connectivity index (χ4n) is 3.30. The molecule has 0 atom stereocenters. The Morgan fingerprint density at radius 3 is 0.775 bits per heavy atom. The van der Waals surface area contributed by atoms with E-state index >= 15 is 0 Å². The van der Waals surface area contributed by atoms with Crippen LogP contribution < -0.4 is 15.3 Å². The molecule has 8 heteroatoms. The van der Waals surface area contributed by atoms with Gasteiger partial charge < -0.3 is 34.8 Å². The van der Waals surface area contributed by atoms with Gasteiger partial charge in [0.15, 0.2) is 0 Å². The van der Waals surface area contributed by atoms with Gasteiger partial charge in [0, 0.05) is 24.5 Å². The quantitative estimate of drug-likeness (QED) is 0.186. The van der Waals surface area contributed by atoms with Gasteiger partial charge in [-0.15, -0.1) is 0 Å². The SMILES string of the molecule is CC(C)(C)CCCCCC(=O)[O-].CC(C)(C)CCCCCC(=O)[O-].CC(C)(C)CCCCCC(=O)[O-].CCO.[Bi+3]. The molecule has 0 aromatic carbocycles. The number of carboxylic acid groups (broad SMARTS) is 3. The summed E-state index contributed by atoms with van der Waals surface area (Å²) in [5.74, 6) is -2.78. The van der Waals surface area contributed by atoms with Gasteiger partial charge in [0.05, 0.1) is 0 Å². The number of hydrogen-bond acceptors (Lipinski definition) is 7. The molecule has 0 rings (SSSR count). The molecule has 0 aliphatic carbocycles. The van der Waals surface area contributed by atoms with Crippen LogP contribution in [0.1, 0.15) is 166 Å². The van der Waals surface area contributed by atoms with E-state index in [1.165, 1.54) is 19.3 Å². The number of carboxylic acids is 3. The van der Waals surface area contributed by atoms with Crippen molar-refractivity contribution in [3.63, 3.8) is 0 Å². The summed E-state index contributed by atoms with van der Waals surface area (Å²) in [7, 11) is 0. The average Bonchev–Trinajstić information content (AvgIpc) is 2.71. The molecule has 0 aliphatic heterocycles. The van der Waals surface area contributed by atoms with E-state index in [0.717, 1.165) is 57.8 Å². The fourth-order valence-corrected chi connectivity index (χ4v) is 3.30. The molecule has 238 valence electrons. The molecule has 7 nitrogen and oxygen atoms in total. The molecule has 0 aliphatic rings. The summed E-state index contributed by atoms with van der Waals surface area (Å²) in [6, 6.07) is 0. The predicted octanol–water partition coefficient (Wildman–Crippen LogP) is 4.82. The Morgan fingerprint density at radius 2 is 0.650 bits per heavy atom. The van der Waals surface area contributed by atoms with E-state index in [4.69, 9.17) is 5.11 Å². The molecule has 2 radical (unpaired) electrons. The first kappa shape index (κ1) is 49.0. The monoisotopic (exact) mass is 768 g/mol. The minimum Gasteiger partial charge on any atom is -0.550 e. The van der Waals surface area contributed by atoms with Gasteiger partial charge in [-0.3, -0.25) is 0 Å². The van der Waals surface area contributed by atoms with Crippen molar-refractivity contribution >= 4 is 44.1 Å². The number of rotatable bonds is 15. The molecular formula is C32H63BiO7. The second kappa shape index (κ2) is 29.7. The summed E-state index contributed by atoms with van der Waals surface area (Å²) in [6.45, 7) is 21.7. The van der Waals surface area contributed by atoms with E-state index in [9.17, 15) is 29.7 Å². The van der Waals surface area contributed by atoms with E-state index in [-0.39, 0.29) is 52.1 Å².